The third-order valence-electron chi connectivity index (χ3n) is 7.54. The highest BCUT2D eigenvalue weighted by Crippen LogP contribution is 2.33. The molecule has 0 bridgehead atoms. The first kappa shape index (κ1) is 44.6. The fourth-order valence-corrected chi connectivity index (χ4v) is 6.45. The topological polar surface area (TPSA) is 192 Å². The molecule has 6 rings (SSSR count). The van der Waals surface area contributed by atoms with E-state index in [1.807, 2.05) is 0 Å². The number of carboxylic acids is 2. The van der Waals surface area contributed by atoms with Crippen LogP contribution in [0.4, 0.5) is 26.3 Å². The van der Waals surface area contributed by atoms with Gasteiger partial charge in [0.25, 0.3) is 0 Å². The fraction of sp³-hybridized carbons (Fsp3) is 0.184. The number of benzene rings is 4. The van der Waals surface area contributed by atoms with Gasteiger partial charge in [0.15, 0.2) is 22.5 Å². The number of aromatic amines is 1. The minimum absolute atomic E-state index is 0.112. The average molecular weight is 877 g/mol. The summed E-state index contributed by atoms with van der Waals surface area (Å²) in [4.78, 5) is 36.1. The molecule has 0 saturated carbocycles. The number of hydrogen-bond acceptors (Lipinski definition) is 12. The molecule has 0 fully saturated rings. The summed E-state index contributed by atoms with van der Waals surface area (Å²) in [6, 6.07) is 24.9. The second kappa shape index (κ2) is 18.6. The van der Waals surface area contributed by atoms with Gasteiger partial charge in [-0.15, -0.1) is 41.6 Å². The summed E-state index contributed by atoms with van der Waals surface area (Å²) in [7, 11) is 0. The van der Waals surface area contributed by atoms with Gasteiger partial charge >= 0.3 is 30.6 Å². The lowest BCUT2D eigenvalue weighted by Crippen LogP contribution is -2.25. The molecule has 0 radical (unpaired) electrons. The van der Waals surface area contributed by atoms with Crippen molar-refractivity contribution in [2.45, 2.75) is 60.1 Å². The number of ether oxygens (including phenoxy) is 3. The van der Waals surface area contributed by atoms with Gasteiger partial charge in [0.2, 0.25) is 5.69 Å². The van der Waals surface area contributed by atoms with Crippen LogP contribution in [0.5, 0.6) is 11.5 Å². The Hall–Kier alpha value is -6.55. The highest BCUT2D eigenvalue weighted by Gasteiger charge is 2.32. The molecule has 60 heavy (non-hydrogen) atoms. The summed E-state index contributed by atoms with van der Waals surface area (Å²) in [5.74, 6) is -3.58. The lowest BCUT2D eigenvalue weighted by Gasteiger charge is -2.16. The summed E-state index contributed by atoms with van der Waals surface area (Å²) in [5.41, 5.74) is 1.75. The molecule has 0 atom stereocenters. The molecule has 0 unspecified atom stereocenters. The summed E-state index contributed by atoms with van der Waals surface area (Å²) in [6.45, 7) is 4.62. The molecule has 0 aliphatic carbocycles. The molecule has 0 aliphatic heterocycles. The largest absolute Gasteiger partial charge is 0.573 e. The number of alkyl halides is 6. The molecule has 2 aromatic heterocycles. The zero-order chi connectivity index (χ0) is 43.8. The number of aromatic nitrogens is 6. The van der Waals surface area contributed by atoms with Gasteiger partial charge < -0.3 is 24.4 Å². The summed E-state index contributed by atoms with van der Waals surface area (Å²) in [5, 5.41) is 36.2. The van der Waals surface area contributed by atoms with Gasteiger partial charge in [-0.05, 0) is 91.6 Å². The lowest BCUT2D eigenvalue weighted by atomic mass is 9.98. The minimum Gasteiger partial charge on any atom is -0.476 e. The molecule has 314 valence electrons. The monoisotopic (exact) mass is 876 g/mol. The smallest absolute Gasteiger partial charge is 0.476 e. The number of halogens is 6. The SMILES string of the molecule is CC(C)(C)C(=O)OCn1nnc(Sc2ccc(-c3ccc(OC(F)(F)F)cc3)cc2)c1C(=O)O.O=C(O)c1n[nH]nc1Sc1ccc(-c2ccc(OC(F)(F)F)cc2)cc1. The van der Waals surface area contributed by atoms with Crippen LogP contribution in [-0.4, -0.2) is 71.3 Å². The van der Waals surface area contributed by atoms with Gasteiger partial charge in [0.1, 0.15) is 11.5 Å². The van der Waals surface area contributed by atoms with E-state index in [2.05, 4.69) is 35.2 Å². The van der Waals surface area contributed by atoms with Gasteiger partial charge in [-0.2, -0.15) is 5.21 Å². The number of carbonyl (C=O) groups is 3. The number of carboxylic acid groups (broad SMARTS) is 2. The van der Waals surface area contributed by atoms with Gasteiger partial charge in [-0.25, -0.2) is 14.3 Å². The quantitative estimate of drug-likeness (QED) is 0.0778. The Morgan fingerprint density at radius 3 is 1.43 bits per heavy atom. The second-order valence-electron chi connectivity index (χ2n) is 13.0. The summed E-state index contributed by atoms with van der Waals surface area (Å²) < 4.78 is 87.2. The van der Waals surface area contributed by atoms with E-state index >= 15 is 0 Å². The van der Waals surface area contributed by atoms with E-state index in [-0.39, 0.29) is 32.9 Å². The highest BCUT2D eigenvalue weighted by atomic mass is 32.2. The Morgan fingerprint density at radius 2 is 1.05 bits per heavy atom. The van der Waals surface area contributed by atoms with Crippen LogP contribution in [0, 0.1) is 5.41 Å². The highest BCUT2D eigenvalue weighted by molar-refractivity contribution is 7.99. The number of hydrogen-bond donors (Lipinski definition) is 3. The fourth-order valence-electron chi connectivity index (χ4n) is 4.78. The van der Waals surface area contributed by atoms with Crippen molar-refractivity contribution in [3.05, 3.63) is 108 Å². The van der Waals surface area contributed by atoms with Crippen molar-refractivity contribution < 1.29 is 65.1 Å². The van der Waals surface area contributed by atoms with Crippen molar-refractivity contribution in [3.63, 3.8) is 0 Å². The van der Waals surface area contributed by atoms with Crippen molar-refractivity contribution in [3.8, 4) is 33.8 Å². The number of H-pyrrole nitrogens is 1. The molecule has 3 N–H and O–H groups in total. The van der Waals surface area contributed by atoms with E-state index in [0.717, 1.165) is 44.2 Å². The Morgan fingerprint density at radius 1 is 0.633 bits per heavy atom. The number of nitrogens with one attached hydrogen (secondary N) is 1. The summed E-state index contributed by atoms with van der Waals surface area (Å²) in [6.07, 6.45) is -9.48. The maximum Gasteiger partial charge on any atom is 0.573 e. The van der Waals surface area contributed by atoms with Crippen LogP contribution in [0.3, 0.4) is 0 Å². The van der Waals surface area contributed by atoms with Crippen molar-refractivity contribution in [1.82, 2.24) is 30.4 Å². The zero-order valence-corrected chi connectivity index (χ0v) is 32.7. The first-order valence-corrected chi connectivity index (χ1v) is 18.5. The molecule has 0 aliphatic rings. The first-order chi connectivity index (χ1) is 28.1. The van der Waals surface area contributed by atoms with Crippen molar-refractivity contribution in [1.29, 1.82) is 0 Å². The Labute approximate surface area is 343 Å². The van der Waals surface area contributed by atoms with Crippen LogP contribution in [0.2, 0.25) is 0 Å². The van der Waals surface area contributed by atoms with Gasteiger partial charge in [-0.3, -0.25) is 4.79 Å². The van der Waals surface area contributed by atoms with Crippen LogP contribution in [0.15, 0.2) is 117 Å². The molecule has 0 amide bonds. The van der Waals surface area contributed by atoms with Crippen molar-refractivity contribution in [2.24, 2.45) is 5.41 Å². The third-order valence-corrected chi connectivity index (χ3v) is 9.50. The predicted octanol–water partition coefficient (Wildman–Crippen LogP) is 9.46. The Bertz CT molecular complexity index is 2420. The van der Waals surface area contributed by atoms with E-state index in [9.17, 15) is 45.8 Å². The standard InChI is InChI=1S/C22H20F3N3O5S.C16H10F3N3O3S/c1-21(2,3)20(31)32-12-28-17(19(29)30)18(26-27-28)34-16-10-6-14(7-11-16)13-4-8-15(9-5-13)33-22(23,24)25;17-16(18,19)25-11-5-1-9(2-6-11)10-3-7-12(8-4-10)26-14-13(15(23)24)20-22-21-14/h4-11H,12H2,1-3H3,(H,29,30);1-8H,(H,23,24)(H,20,21,22). The average Bonchev–Trinajstić information content (AvgIpc) is 3.81. The van der Waals surface area contributed by atoms with Crippen LogP contribution in [-0.2, 0) is 16.3 Å². The van der Waals surface area contributed by atoms with E-state index in [4.69, 9.17) is 9.84 Å². The molecule has 2 heterocycles. The maximum absolute atomic E-state index is 12.3. The van der Waals surface area contributed by atoms with Crippen molar-refractivity contribution in [2.75, 3.05) is 0 Å². The van der Waals surface area contributed by atoms with Crippen LogP contribution < -0.4 is 9.47 Å². The zero-order valence-electron chi connectivity index (χ0n) is 31.1. The number of nitrogens with zero attached hydrogens (tertiary/aromatic N) is 5. The van der Waals surface area contributed by atoms with Crippen molar-refractivity contribution >= 4 is 41.4 Å². The number of carbonyl (C=O) groups excluding carboxylic acids is 1. The Kier molecular flexibility index (Phi) is 13.8. The van der Waals surface area contributed by atoms with E-state index < -0.39 is 42.8 Å². The first-order valence-electron chi connectivity index (χ1n) is 16.9. The van der Waals surface area contributed by atoms with E-state index in [1.165, 1.54) is 48.5 Å². The Balaban J connectivity index is 0.000000236. The van der Waals surface area contributed by atoms with E-state index in [0.29, 0.717) is 16.0 Å². The number of esters is 1. The normalized spacial score (nSPS) is 11.6. The van der Waals surface area contributed by atoms with Gasteiger partial charge in [0.05, 0.1) is 5.41 Å². The maximum atomic E-state index is 12.3. The predicted molar refractivity (Wildman–Crippen MR) is 201 cm³/mol. The minimum atomic E-state index is -4.76. The molecule has 4 aromatic carbocycles. The molecule has 14 nitrogen and oxygen atoms in total. The van der Waals surface area contributed by atoms with Gasteiger partial charge in [-0.1, -0.05) is 77.3 Å². The summed E-state index contributed by atoms with van der Waals surface area (Å²) >= 11 is 2.19. The third kappa shape index (κ3) is 12.7. The van der Waals surface area contributed by atoms with Crippen LogP contribution in [0.1, 0.15) is 41.7 Å². The number of rotatable bonds is 12. The van der Waals surface area contributed by atoms with E-state index in [1.54, 1.807) is 69.3 Å². The van der Waals surface area contributed by atoms with Crippen LogP contribution >= 0.6 is 23.5 Å². The molecular weight excluding hydrogens is 847 g/mol. The molecular formula is C38H30F6N6O8S2. The second-order valence-corrected chi connectivity index (χ2v) is 15.2. The number of aromatic carboxylic acids is 2. The van der Waals surface area contributed by atoms with Crippen LogP contribution in [0.25, 0.3) is 22.3 Å². The van der Waals surface area contributed by atoms with Gasteiger partial charge in [0, 0.05) is 9.79 Å². The lowest BCUT2D eigenvalue weighted by molar-refractivity contribution is -0.275. The molecule has 0 saturated heterocycles. The molecule has 6 aromatic rings. The molecule has 0 spiro atoms. The molecule has 22 heteroatoms.